The SMILES string of the molecule is CCNC1CCCc2c(N)cccc21. The predicted molar refractivity (Wildman–Crippen MR) is 60.2 cm³/mol. The quantitative estimate of drug-likeness (QED) is 0.702. The van der Waals surface area contributed by atoms with Gasteiger partial charge in [0.25, 0.3) is 0 Å². The van der Waals surface area contributed by atoms with Crippen molar-refractivity contribution >= 4 is 5.69 Å². The molecule has 1 aromatic carbocycles. The number of hydrogen-bond acceptors (Lipinski definition) is 2. The highest BCUT2D eigenvalue weighted by Crippen LogP contribution is 2.32. The standard InChI is InChI=1S/C12H18N2/c1-2-14-12-8-4-5-9-10(12)6-3-7-11(9)13/h3,6-7,12,14H,2,4-5,8,13H2,1H3. The fourth-order valence-corrected chi connectivity index (χ4v) is 2.34. The molecule has 0 fully saturated rings. The van der Waals surface area contributed by atoms with E-state index < -0.39 is 0 Å². The molecule has 0 aliphatic heterocycles. The first-order valence-electron chi connectivity index (χ1n) is 5.43. The summed E-state index contributed by atoms with van der Waals surface area (Å²) in [6.45, 7) is 3.18. The van der Waals surface area contributed by atoms with Crippen LogP contribution in [0.15, 0.2) is 18.2 Å². The van der Waals surface area contributed by atoms with E-state index in [2.05, 4.69) is 24.4 Å². The summed E-state index contributed by atoms with van der Waals surface area (Å²) in [5.41, 5.74) is 9.72. The van der Waals surface area contributed by atoms with Gasteiger partial charge in [-0.3, -0.25) is 0 Å². The van der Waals surface area contributed by atoms with E-state index >= 15 is 0 Å². The van der Waals surface area contributed by atoms with Crippen LogP contribution in [0.1, 0.15) is 36.9 Å². The van der Waals surface area contributed by atoms with E-state index in [1.807, 2.05) is 6.07 Å². The van der Waals surface area contributed by atoms with E-state index in [9.17, 15) is 0 Å². The molecule has 0 saturated heterocycles. The van der Waals surface area contributed by atoms with Crippen molar-refractivity contribution in [3.05, 3.63) is 29.3 Å². The molecular weight excluding hydrogens is 172 g/mol. The van der Waals surface area contributed by atoms with Crippen molar-refractivity contribution in [3.63, 3.8) is 0 Å². The molecule has 1 aliphatic rings. The van der Waals surface area contributed by atoms with Crippen molar-refractivity contribution < 1.29 is 0 Å². The molecule has 0 heterocycles. The minimum atomic E-state index is 0.521. The summed E-state index contributed by atoms with van der Waals surface area (Å²) in [6, 6.07) is 6.79. The van der Waals surface area contributed by atoms with Gasteiger partial charge in [-0.25, -0.2) is 0 Å². The van der Waals surface area contributed by atoms with Crippen LogP contribution in [0.5, 0.6) is 0 Å². The van der Waals surface area contributed by atoms with Crippen LogP contribution in [0.3, 0.4) is 0 Å². The van der Waals surface area contributed by atoms with Crippen LogP contribution >= 0.6 is 0 Å². The molecule has 0 amide bonds. The van der Waals surface area contributed by atoms with Crippen molar-refractivity contribution in [2.75, 3.05) is 12.3 Å². The molecule has 14 heavy (non-hydrogen) atoms. The third-order valence-electron chi connectivity index (χ3n) is 2.99. The van der Waals surface area contributed by atoms with E-state index in [1.54, 1.807) is 0 Å². The lowest BCUT2D eigenvalue weighted by atomic mass is 9.87. The van der Waals surface area contributed by atoms with Gasteiger partial charge in [-0.15, -0.1) is 0 Å². The van der Waals surface area contributed by atoms with Crippen molar-refractivity contribution in [2.24, 2.45) is 0 Å². The van der Waals surface area contributed by atoms with Gasteiger partial charge in [0.05, 0.1) is 0 Å². The second-order valence-electron chi connectivity index (χ2n) is 3.92. The van der Waals surface area contributed by atoms with Crippen molar-refractivity contribution in [1.29, 1.82) is 0 Å². The zero-order valence-electron chi connectivity index (χ0n) is 8.72. The molecule has 1 aromatic rings. The number of nitrogen functional groups attached to an aromatic ring is 1. The van der Waals surface area contributed by atoms with Crippen LogP contribution in [0.4, 0.5) is 5.69 Å². The second-order valence-corrected chi connectivity index (χ2v) is 3.92. The van der Waals surface area contributed by atoms with Gasteiger partial charge in [0.15, 0.2) is 0 Å². The first kappa shape index (κ1) is 9.53. The Kier molecular flexibility index (Phi) is 2.73. The number of nitrogens with one attached hydrogen (secondary N) is 1. The van der Waals surface area contributed by atoms with Crippen molar-refractivity contribution in [1.82, 2.24) is 5.32 Å². The summed E-state index contributed by atoms with van der Waals surface area (Å²) in [4.78, 5) is 0. The number of fused-ring (bicyclic) bond motifs is 1. The van der Waals surface area contributed by atoms with Gasteiger partial charge in [-0.05, 0) is 43.0 Å². The monoisotopic (exact) mass is 190 g/mol. The maximum Gasteiger partial charge on any atom is 0.0349 e. The summed E-state index contributed by atoms with van der Waals surface area (Å²) in [5.74, 6) is 0. The van der Waals surface area contributed by atoms with Crippen LogP contribution < -0.4 is 11.1 Å². The van der Waals surface area contributed by atoms with E-state index in [0.717, 1.165) is 18.7 Å². The Morgan fingerprint density at radius 2 is 2.36 bits per heavy atom. The third-order valence-corrected chi connectivity index (χ3v) is 2.99. The lowest BCUT2D eigenvalue weighted by Crippen LogP contribution is -2.25. The van der Waals surface area contributed by atoms with Gasteiger partial charge in [-0.1, -0.05) is 19.1 Å². The first-order valence-corrected chi connectivity index (χ1v) is 5.43. The fourth-order valence-electron chi connectivity index (χ4n) is 2.34. The Hall–Kier alpha value is -1.02. The van der Waals surface area contributed by atoms with Gasteiger partial charge >= 0.3 is 0 Å². The third kappa shape index (κ3) is 1.62. The van der Waals surface area contributed by atoms with E-state index in [0.29, 0.717) is 6.04 Å². The normalized spacial score (nSPS) is 20.5. The molecule has 0 saturated carbocycles. The molecule has 76 valence electrons. The van der Waals surface area contributed by atoms with Crippen molar-refractivity contribution in [2.45, 2.75) is 32.2 Å². The van der Waals surface area contributed by atoms with E-state index in [4.69, 9.17) is 5.73 Å². The molecule has 1 aliphatic carbocycles. The highest BCUT2D eigenvalue weighted by Gasteiger charge is 2.20. The zero-order valence-corrected chi connectivity index (χ0v) is 8.72. The highest BCUT2D eigenvalue weighted by atomic mass is 14.9. The minimum Gasteiger partial charge on any atom is -0.398 e. The number of benzene rings is 1. The molecule has 1 atom stereocenters. The number of anilines is 1. The molecule has 1 unspecified atom stereocenters. The fraction of sp³-hybridized carbons (Fsp3) is 0.500. The largest absolute Gasteiger partial charge is 0.398 e. The Labute approximate surface area is 85.5 Å². The smallest absolute Gasteiger partial charge is 0.0349 e. The van der Waals surface area contributed by atoms with E-state index in [-0.39, 0.29) is 0 Å². The van der Waals surface area contributed by atoms with Crippen LogP contribution in [0, 0.1) is 0 Å². The Bertz CT molecular complexity index is 320. The summed E-state index contributed by atoms with van der Waals surface area (Å²) in [5, 5.41) is 3.51. The van der Waals surface area contributed by atoms with Crippen LogP contribution in [0.2, 0.25) is 0 Å². The summed E-state index contributed by atoms with van der Waals surface area (Å²) >= 11 is 0. The Morgan fingerprint density at radius 1 is 1.50 bits per heavy atom. The molecule has 2 rings (SSSR count). The molecule has 3 N–H and O–H groups in total. The first-order chi connectivity index (χ1) is 6.83. The van der Waals surface area contributed by atoms with Gasteiger partial charge in [0.1, 0.15) is 0 Å². The van der Waals surface area contributed by atoms with Crippen LogP contribution in [-0.2, 0) is 6.42 Å². The minimum absolute atomic E-state index is 0.521. The second kappa shape index (κ2) is 4.01. The predicted octanol–water partition coefficient (Wildman–Crippen LogP) is 2.26. The average molecular weight is 190 g/mol. The highest BCUT2D eigenvalue weighted by molar-refractivity contribution is 5.52. The summed E-state index contributed by atoms with van der Waals surface area (Å²) < 4.78 is 0. The molecule has 0 bridgehead atoms. The lowest BCUT2D eigenvalue weighted by molar-refractivity contribution is 0.472. The van der Waals surface area contributed by atoms with Gasteiger partial charge in [0.2, 0.25) is 0 Å². The number of rotatable bonds is 2. The Morgan fingerprint density at radius 3 is 3.14 bits per heavy atom. The molecule has 0 spiro atoms. The molecular formula is C12H18N2. The van der Waals surface area contributed by atoms with E-state index in [1.165, 1.54) is 24.0 Å². The maximum absolute atomic E-state index is 5.97. The Balaban J connectivity index is 2.34. The van der Waals surface area contributed by atoms with Crippen LogP contribution in [-0.4, -0.2) is 6.54 Å². The average Bonchev–Trinajstić information content (AvgIpc) is 2.20. The lowest BCUT2D eigenvalue weighted by Gasteiger charge is -2.27. The topological polar surface area (TPSA) is 38.0 Å². The maximum atomic E-state index is 5.97. The van der Waals surface area contributed by atoms with Gasteiger partial charge in [-0.2, -0.15) is 0 Å². The molecule has 2 nitrogen and oxygen atoms in total. The van der Waals surface area contributed by atoms with Gasteiger partial charge in [0, 0.05) is 11.7 Å². The summed E-state index contributed by atoms with van der Waals surface area (Å²) in [6.07, 6.45) is 3.63. The van der Waals surface area contributed by atoms with Crippen LogP contribution in [0.25, 0.3) is 0 Å². The summed E-state index contributed by atoms with van der Waals surface area (Å²) in [7, 11) is 0. The molecule has 2 heteroatoms. The zero-order chi connectivity index (χ0) is 9.97. The molecule has 0 radical (unpaired) electrons. The van der Waals surface area contributed by atoms with Crippen molar-refractivity contribution in [3.8, 4) is 0 Å². The number of nitrogens with two attached hydrogens (primary N) is 1. The molecule has 0 aromatic heterocycles. The van der Waals surface area contributed by atoms with Gasteiger partial charge < -0.3 is 11.1 Å². The number of hydrogen-bond donors (Lipinski definition) is 2.